The average molecular weight is 200 g/mol. The summed E-state index contributed by atoms with van der Waals surface area (Å²) in [4.78, 5) is 4.56. The predicted octanol–water partition coefficient (Wildman–Crippen LogP) is 0.892. The van der Waals surface area contributed by atoms with E-state index in [9.17, 15) is 0 Å². The van der Waals surface area contributed by atoms with Crippen molar-refractivity contribution in [1.29, 1.82) is 0 Å². The topological polar surface area (TPSA) is 46.2 Å². The minimum Gasteiger partial charge on any atom is -0.383 e. The first-order chi connectivity index (χ1) is 6.64. The third kappa shape index (κ3) is 3.83. The number of ether oxygens (including phenoxy) is 1. The number of rotatable bonds is 3. The van der Waals surface area contributed by atoms with E-state index in [1.54, 1.807) is 0 Å². The Hall–Kier alpha value is -0.970. The van der Waals surface area contributed by atoms with Gasteiger partial charge in [0.25, 0.3) is 0 Å². The summed E-state index contributed by atoms with van der Waals surface area (Å²) < 4.78 is 7.46. The molecular formula is C9H18N3O2+. The van der Waals surface area contributed by atoms with Crippen molar-refractivity contribution in [3.63, 3.8) is 0 Å². The third-order valence-electron chi connectivity index (χ3n) is 1.92. The lowest BCUT2D eigenvalue weighted by molar-refractivity contribution is -0.547. The highest BCUT2D eigenvalue weighted by atomic mass is 16.6. The predicted molar refractivity (Wildman–Crippen MR) is 52.8 cm³/mol. The molecule has 0 saturated carbocycles. The summed E-state index contributed by atoms with van der Waals surface area (Å²) in [5.41, 5.74) is -0.312. The van der Waals surface area contributed by atoms with Crippen molar-refractivity contribution in [3.05, 3.63) is 0 Å². The van der Waals surface area contributed by atoms with Crippen molar-refractivity contribution in [2.24, 2.45) is 10.4 Å². The summed E-state index contributed by atoms with van der Waals surface area (Å²) in [7, 11) is 1.49. The molecule has 1 fully saturated rings. The van der Waals surface area contributed by atoms with E-state index in [1.807, 2.05) is 13.8 Å². The fourth-order valence-corrected chi connectivity index (χ4v) is 1.33. The molecule has 0 aromatic rings. The Balaban J connectivity index is 2.58. The molecule has 5 heteroatoms. The molecule has 0 aromatic carbocycles. The van der Waals surface area contributed by atoms with Gasteiger partial charge in [0.2, 0.25) is 0 Å². The van der Waals surface area contributed by atoms with Gasteiger partial charge in [-0.1, -0.05) is 0 Å². The molecule has 0 N–H and O–H groups in total. The van der Waals surface area contributed by atoms with Gasteiger partial charge in [-0.05, 0) is 13.8 Å². The van der Waals surface area contributed by atoms with Crippen LogP contribution >= 0.6 is 0 Å². The molecule has 0 radical (unpaired) electrons. The Bertz CT molecular complexity index is 228. The van der Waals surface area contributed by atoms with Crippen LogP contribution in [0, 0.1) is 0 Å². The van der Waals surface area contributed by atoms with Gasteiger partial charge in [0.1, 0.15) is 20.3 Å². The van der Waals surface area contributed by atoms with E-state index in [-0.39, 0.29) is 5.54 Å². The molecule has 0 aliphatic carbocycles. The van der Waals surface area contributed by atoms with Crippen molar-refractivity contribution in [1.82, 2.24) is 0 Å². The fourth-order valence-electron chi connectivity index (χ4n) is 1.33. The standard InChI is InChI=1S/C9H18N3O2/c1-9(2,10-11-13-3)8-12-4-6-14-7-5-12/h8H,4-7H2,1-3H3/q+1. The van der Waals surface area contributed by atoms with Crippen LogP contribution in [0.1, 0.15) is 13.8 Å². The van der Waals surface area contributed by atoms with Gasteiger partial charge in [0.05, 0.1) is 0 Å². The Labute approximate surface area is 84.4 Å². The van der Waals surface area contributed by atoms with E-state index in [1.165, 1.54) is 7.11 Å². The normalized spacial score (nSPS) is 18.6. The number of hydrogen-bond donors (Lipinski definition) is 0. The van der Waals surface area contributed by atoms with Gasteiger partial charge in [-0.15, -0.1) is 5.11 Å². The molecule has 1 aliphatic rings. The Morgan fingerprint density at radius 2 is 2.00 bits per heavy atom. The summed E-state index contributed by atoms with van der Waals surface area (Å²) in [6.45, 7) is 7.40. The molecule has 0 spiro atoms. The highest BCUT2D eigenvalue weighted by Gasteiger charge is 2.22. The van der Waals surface area contributed by atoms with E-state index >= 15 is 0 Å². The molecule has 0 atom stereocenters. The van der Waals surface area contributed by atoms with Gasteiger partial charge in [-0.25, -0.2) is 4.58 Å². The number of hydrogen-bond acceptors (Lipinski definition) is 4. The van der Waals surface area contributed by atoms with Crippen molar-refractivity contribution in [3.8, 4) is 0 Å². The Kier molecular flexibility index (Phi) is 4.00. The fraction of sp³-hybridized carbons (Fsp3) is 0.889. The highest BCUT2D eigenvalue weighted by Crippen LogP contribution is 2.06. The van der Waals surface area contributed by atoms with Crippen molar-refractivity contribution in [2.45, 2.75) is 19.4 Å². The van der Waals surface area contributed by atoms with Crippen molar-refractivity contribution < 1.29 is 14.1 Å². The summed E-state index contributed by atoms with van der Waals surface area (Å²) >= 11 is 0. The van der Waals surface area contributed by atoms with Crippen LogP contribution in [0.2, 0.25) is 0 Å². The molecule has 0 bridgehead atoms. The second-order valence-corrected chi connectivity index (χ2v) is 3.80. The molecule has 80 valence electrons. The Morgan fingerprint density at radius 3 is 2.57 bits per heavy atom. The average Bonchev–Trinajstić information content (AvgIpc) is 2.16. The second kappa shape index (κ2) is 5.05. The maximum atomic E-state index is 5.25. The van der Waals surface area contributed by atoms with E-state index < -0.39 is 0 Å². The zero-order valence-corrected chi connectivity index (χ0v) is 9.06. The van der Waals surface area contributed by atoms with Gasteiger partial charge in [-0.2, -0.15) is 0 Å². The van der Waals surface area contributed by atoms with Crippen LogP contribution < -0.4 is 0 Å². The van der Waals surface area contributed by atoms with Crippen LogP contribution in [0.25, 0.3) is 0 Å². The van der Waals surface area contributed by atoms with Crippen molar-refractivity contribution in [2.75, 3.05) is 33.4 Å². The van der Waals surface area contributed by atoms with E-state index in [4.69, 9.17) is 4.74 Å². The second-order valence-electron chi connectivity index (χ2n) is 3.80. The first-order valence-corrected chi connectivity index (χ1v) is 4.77. The van der Waals surface area contributed by atoms with Gasteiger partial charge in [0, 0.05) is 5.28 Å². The van der Waals surface area contributed by atoms with Crippen LogP contribution in [-0.2, 0) is 9.57 Å². The van der Waals surface area contributed by atoms with E-state index in [0.29, 0.717) is 0 Å². The molecule has 1 rings (SSSR count). The molecular weight excluding hydrogens is 182 g/mol. The zero-order valence-electron chi connectivity index (χ0n) is 9.06. The molecule has 1 aliphatic heterocycles. The largest absolute Gasteiger partial charge is 0.383 e. The smallest absolute Gasteiger partial charge is 0.169 e. The van der Waals surface area contributed by atoms with E-state index in [2.05, 4.69) is 26.0 Å². The molecule has 14 heavy (non-hydrogen) atoms. The van der Waals surface area contributed by atoms with E-state index in [0.717, 1.165) is 26.3 Å². The first kappa shape index (κ1) is 11.1. The minimum absolute atomic E-state index is 0.312. The lowest BCUT2D eigenvalue weighted by atomic mass is 10.1. The maximum Gasteiger partial charge on any atom is 0.169 e. The van der Waals surface area contributed by atoms with Gasteiger partial charge in [0.15, 0.2) is 24.8 Å². The molecule has 0 amide bonds. The zero-order chi connectivity index (χ0) is 10.4. The van der Waals surface area contributed by atoms with Crippen LogP contribution in [-0.4, -0.2) is 49.7 Å². The third-order valence-corrected chi connectivity index (χ3v) is 1.92. The van der Waals surface area contributed by atoms with Gasteiger partial charge in [-0.3, -0.25) is 0 Å². The monoisotopic (exact) mass is 200 g/mol. The molecule has 1 saturated heterocycles. The van der Waals surface area contributed by atoms with Crippen LogP contribution in [0.3, 0.4) is 0 Å². The molecule has 5 nitrogen and oxygen atoms in total. The summed E-state index contributed by atoms with van der Waals surface area (Å²) in [5, 5.41) is 7.58. The summed E-state index contributed by atoms with van der Waals surface area (Å²) in [6.07, 6.45) is 2.07. The number of morpholine rings is 1. The van der Waals surface area contributed by atoms with Gasteiger partial charge < -0.3 is 9.57 Å². The SMILES string of the molecule is CON=NC(C)(C)C=[N+]1CCOCC1. The summed E-state index contributed by atoms with van der Waals surface area (Å²) in [5.74, 6) is 0. The minimum atomic E-state index is -0.312. The molecule has 1 heterocycles. The first-order valence-electron chi connectivity index (χ1n) is 4.77. The Morgan fingerprint density at radius 1 is 1.36 bits per heavy atom. The maximum absolute atomic E-state index is 5.25. The van der Waals surface area contributed by atoms with Crippen LogP contribution in [0.4, 0.5) is 0 Å². The molecule has 0 unspecified atom stereocenters. The van der Waals surface area contributed by atoms with Gasteiger partial charge >= 0.3 is 0 Å². The number of nitrogens with zero attached hydrogens (tertiary/aromatic N) is 3. The highest BCUT2D eigenvalue weighted by molar-refractivity contribution is 5.64. The van der Waals surface area contributed by atoms with Crippen molar-refractivity contribution >= 4 is 6.21 Å². The van der Waals surface area contributed by atoms with Crippen LogP contribution in [0.5, 0.6) is 0 Å². The molecule has 0 aromatic heterocycles. The lowest BCUT2D eigenvalue weighted by Crippen LogP contribution is -2.34. The van der Waals surface area contributed by atoms with Crippen LogP contribution in [0.15, 0.2) is 10.4 Å². The summed E-state index contributed by atoms with van der Waals surface area (Å²) in [6, 6.07) is 0. The quantitative estimate of drug-likeness (QED) is 0.386. The lowest BCUT2D eigenvalue weighted by Gasteiger charge is -2.14.